The molecular formula is C66H72F3N15O12. The summed E-state index contributed by atoms with van der Waals surface area (Å²) in [4.78, 5) is 56.7. The Bertz CT molecular complexity index is 4370. The van der Waals surface area contributed by atoms with Crippen molar-refractivity contribution in [1.82, 2.24) is 58.7 Å². The molecule has 9 aromatic heterocycles. The second kappa shape index (κ2) is 28.7. The van der Waals surface area contributed by atoms with Crippen LogP contribution in [0, 0.1) is 59.0 Å². The first kappa shape index (κ1) is 67.9. The Balaban J connectivity index is 0.000000157. The van der Waals surface area contributed by atoms with E-state index < -0.39 is 71.8 Å². The van der Waals surface area contributed by atoms with Crippen molar-refractivity contribution < 1.29 is 70.2 Å². The molecule has 0 fully saturated rings. The second-order valence-electron chi connectivity index (χ2n) is 23.2. The molecule has 0 saturated carbocycles. The molecule has 12 rings (SSSR count). The van der Waals surface area contributed by atoms with Gasteiger partial charge in [0.1, 0.15) is 109 Å². The van der Waals surface area contributed by atoms with E-state index in [-0.39, 0.29) is 54.7 Å². The number of hydrogen-bond acceptors (Lipinski definition) is 21. The van der Waals surface area contributed by atoms with Crippen LogP contribution in [-0.4, -0.2) is 133 Å². The number of aryl methyl sites for hydroxylation is 6. The fourth-order valence-corrected chi connectivity index (χ4v) is 10.0. The van der Waals surface area contributed by atoms with Crippen molar-refractivity contribution in [3.05, 3.63) is 143 Å². The maximum atomic E-state index is 15.0. The van der Waals surface area contributed by atoms with Crippen LogP contribution in [-0.2, 0) is 28.6 Å². The number of nitrogens with zero attached hydrogens (tertiary/aromatic N) is 9. The van der Waals surface area contributed by atoms with Crippen molar-refractivity contribution in [2.24, 2.45) is 17.2 Å². The van der Waals surface area contributed by atoms with Gasteiger partial charge in [0, 0.05) is 66.5 Å². The van der Waals surface area contributed by atoms with Gasteiger partial charge in [-0.3, -0.25) is 14.4 Å². The van der Waals surface area contributed by atoms with Gasteiger partial charge in [0.15, 0.2) is 34.7 Å². The van der Waals surface area contributed by atoms with Crippen LogP contribution in [0.2, 0.25) is 0 Å². The number of aromatic amines is 3. The van der Waals surface area contributed by atoms with Gasteiger partial charge >= 0.3 is 17.9 Å². The van der Waals surface area contributed by atoms with E-state index >= 15 is 0 Å². The molecule has 0 spiro atoms. The topological polar surface area (TPSA) is 350 Å². The molecule has 0 saturated heterocycles. The largest absolute Gasteiger partial charge is 0.488 e. The third-order valence-electron chi connectivity index (χ3n) is 14.9. The lowest BCUT2D eigenvalue weighted by molar-refractivity contribution is -0.151. The second-order valence-corrected chi connectivity index (χ2v) is 23.2. The Morgan fingerprint density at radius 1 is 0.427 bits per heavy atom. The van der Waals surface area contributed by atoms with Crippen LogP contribution in [0.25, 0.3) is 49.3 Å². The number of halogens is 3. The minimum Gasteiger partial charge on any atom is -0.488 e. The number of hydrogen-bond donors (Lipinski definition) is 6. The number of aromatic nitrogens is 12. The number of nitrogens with one attached hydrogen (secondary N) is 3. The van der Waals surface area contributed by atoms with E-state index in [1.807, 2.05) is 41.5 Å². The van der Waals surface area contributed by atoms with E-state index in [1.165, 1.54) is 19.0 Å². The molecule has 0 radical (unpaired) electrons. The molecule has 27 nitrogen and oxygen atoms in total. The maximum Gasteiger partial charge on any atom is 0.323 e. The lowest BCUT2D eigenvalue weighted by atomic mass is 10.2. The Labute approximate surface area is 546 Å². The molecule has 30 heteroatoms. The summed E-state index contributed by atoms with van der Waals surface area (Å²) in [6.45, 7) is 21.2. The Morgan fingerprint density at radius 2 is 0.688 bits per heavy atom. The van der Waals surface area contributed by atoms with E-state index in [4.69, 9.17) is 59.8 Å². The number of ether oxygens (including phenoxy) is 9. The number of esters is 3. The smallest absolute Gasteiger partial charge is 0.323 e. The average Bonchev–Trinajstić information content (AvgIpc) is 1.61. The van der Waals surface area contributed by atoms with Gasteiger partial charge < -0.3 is 74.8 Å². The first-order valence-corrected chi connectivity index (χ1v) is 30.4. The third-order valence-corrected chi connectivity index (χ3v) is 14.9. The molecule has 0 amide bonds. The van der Waals surface area contributed by atoms with E-state index in [9.17, 15) is 27.6 Å². The van der Waals surface area contributed by atoms with E-state index in [1.54, 1.807) is 128 Å². The summed E-state index contributed by atoms with van der Waals surface area (Å²) in [5.41, 5.74) is 24.9. The summed E-state index contributed by atoms with van der Waals surface area (Å²) in [7, 11) is 0. The molecule has 0 bridgehead atoms. The van der Waals surface area contributed by atoms with Crippen molar-refractivity contribution in [2.75, 3.05) is 19.8 Å². The van der Waals surface area contributed by atoms with Gasteiger partial charge in [0.05, 0.1) is 18.6 Å². The van der Waals surface area contributed by atoms with Crippen molar-refractivity contribution in [1.29, 1.82) is 0 Å². The van der Waals surface area contributed by atoms with Gasteiger partial charge in [-0.1, -0.05) is 0 Å². The van der Waals surface area contributed by atoms with Gasteiger partial charge in [-0.15, -0.1) is 0 Å². The zero-order valence-electron chi connectivity index (χ0n) is 54.5. The highest BCUT2D eigenvalue weighted by Gasteiger charge is 2.25. The van der Waals surface area contributed by atoms with Crippen LogP contribution < -0.4 is 45.6 Å². The SMILES string of the molecule is Cc1cc2c(F)c(Oc3ncnn4cc(OC[C@@H](C)OC(=O)[C@H](C)N)c(C)c34)ccc2[nH]1.Cc1cc2c(F)c(Oc3ncnn4cc(OC[C@@H](C)OC(=O)[C@H](C)N)c(C)c34)ccc2[nH]1.Cc1cc2c(F)c(Oc3ncnn4cc(OC[C@@H](C)OC(=O)[C@H](C)N)c(C)c34)ccc2[nH]1. The number of nitrogens with two attached hydrogens (primary N) is 3. The zero-order chi connectivity index (χ0) is 69.0. The molecule has 9 N–H and O–H groups in total. The highest BCUT2D eigenvalue weighted by Crippen LogP contribution is 2.39. The number of benzene rings is 3. The van der Waals surface area contributed by atoms with Crippen LogP contribution in [0.4, 0.5) is 13.2 Å². The lowest BCUT2D eigenvalue weighted by Gasteiger charge is -2.15. The van der Waals surface area contributed by atoms with Crippen LogP contribution >= 0.6 is 0 Å². The highest BCUT2D eigenvalue weighted by molar-refractivity contribution is 5.85. The van der Waals surface area contributed by atoms with Crippen molar-refractivity contribution in [3.63, 3.8) is 0 Å². The van der Waals surface area contributed by atoms with Crippen molar-refractivity contribution in [2.45, 2.75) is 120 Å². The zero-order valence-corrected chi connectivity index (χ0v) is 54.5. The summed E-state index contributed by atoms with van der Waals surface area (Å²) in [6, 6.07) is 13.0. The Kier molecular flexibility index (Phi) is 20.3. The Morgan fingerprint density at radius 3 is 0.938 bits per heavy atom. The minimum absolute atomic E-state index is 0.0524. The molecular weight excluding hydrogens is 1250 g/mol. The molecule has 0 aliphatic heterocycles. The highest BCUT2D eigenvalue weighted by atomic mass is 19.1. The molecule has 6 atom stereocenters. The first-order chi connectivity index (χ1) is 45.7. The normalized spacial score (nSPS) is 13.3. The predicted molar refractivity (Wildman–Crippen MR) is 346 cm³/mol. The number of rotatable bonds is 21. The molecule has 504 valence electrons. The van der Waals surface area contributed by atoms with Crippen molar-refractivity contribution >= 4 is 67.2 Å². The molecule has 0 aliphatic carbocycles. The van der Waals surface area contributed by atoms with E-state index in [2.05, 4.69) is 45.2 Å². The number of H-pyrrole nitrogens is 3. The van der Waals surface area contributed by atoms with Crippen LogP contribution in [0.3, 0.4) is 0 Å². The monoisotopic (exact) mass is 1320 g/mol. The van der Waals surface area contributed by atoms with Gasteiger partial charge in [0.25, 0.3) is 0 Å². The fourth-order valence-electron chi connectivity index (χ4n) is 10.0. The summed E-state index contributed by atoms with van der Waals surface area (Å²) < 4.78 is 100. The summed E-state index contributed by atoms with van der Waals surface area (Å²) in [5, 5.41) is 13.9. The van der Waals surface area contributed by atoms with Crippen molar-refractivity contribution in [3.8, 4) is 52.1 Å². The minimum atomic E-state index is -0.707. The van der Waals surface area contributed by atoms with E-state index in [0.29, 0.717) is 83.2 Å². The fraction of sp³-hybridized carbons (Fsp3) is 0.318. The maximum absolute atomic E-state index is 15.0. The van der Waals surface area contributed by atoms with Crippen LogP contribution in [0.5, 0.6) is 52.1 Å². The predicted octanol–water partition coefficient (Wildman–Crippen LogP) is 10.2. The average molecular weight is 1320 g/mol. The number of carbonyl (C=O) groups excluding carboxylic acids is 3. The van der Waals surface area contributed by atoms with Gasteiger partial charge in [-0.25, -0.2) is 26.7 Å². The van der Waals surface area contributed by atoms with Gasteiger partial charge in [-0.2, -0.15) is 30.2 Å². The first-order valence-electron chi connectivity index (χ1n) is 30.4. The standard InChI is InChI=1S/3C22H24FN5O4/c3*1-11-7-15-16(27-11)5-6-17(19(15)23)32-21-20-13(3)18(8-28(20)26-10-25-21)30-9-12(2)31-22(29)14(4)24/h3*5-8,10,12,14,27H,9,24H2,1-4H3/t3*12-,14+/m111/s1. The number of fused-ring (bicyclic) bond motifs is 6. The number of carbonyl (C=O) groups is 3. The van der Waals surface area contributed by atoms with Crippen LogP contribution in [0.15, 0.2) is 92.2 Å². The molecule has 0 unspecified atom stereocenters. The molecule has 0 aliphatic rings. The molecule has 3 aromatic carbocycles. The quantitative estimate of drug-likeness (QED) is 0.0287. The Hall–Kier alpha value is -11.0. The summed E-state index contributed by atoms with van der Waals surface area (Å²) in [6.07, 6.45) is 7.44. The molecule has 96 heavy (non-hydrogen) atoms. The van der Waals surface area contributed by atoms with Gasteiger partial charge in [0.2, 0.25) is 17.6 Å². The van der Waals surface area contributed by atoms with Gasteiger partial charge in [-0.05, 0) is 138 Å². The summed E-state index contributed by atoms with van der Waals surface area (Å²) >= 11 is 0. The molecule has 9 heterocycles. The van der Waals surface area contributed by atoms with Crippen LogP contribution in [0.1, 0.15) is 75.3 Å². The molecule has 12 aromatic rings. The third kappa shape index (κ3) is 15.0. The summed E-state index contributed by atoms with van der Waals surface area (Å²) in [5.74, 6) is -0.683. The lowest BCUT2D eigenvalue weighted by Crippen LogP contribution is -2.33. The van der Waals surface area contributed by atoms with E-state index in [0.717, 1.165) is 17.1 Å².